The van der Waals surface area contributed by atoms with Crippen molar-refractivity contribution in [2.24, 2.45) is 0 Å². The van der Waals surface area contributed by atoms with E-state index in [1.54, 1.807) is 6.92 Å². The highest BCUT2D eigenvalue weighted by molar-refractivity contribution is 5.99. The summed E-state index contributed by atoms with van der Waals surface area (Å²) in [5.41, 5.74) is 4.53. The summed E-state index contributed by atoms with van der Waals surface area (Å²) in [6.45, 7) is 10.4. The van der Waals surface area contributed by atoms with Gasteiger partial charge in [0.05, 0.1) is 12.2 Å². The lowest BCUT2D eigenvalue weighted by atomic mass is 9.95. The van der Waals surface area contributed by atoms with Gasteiger partial charge in [-0.3, -0.25) is 4.79 Å². The van der Waals surface area contributed by atoms with E-state index in [4.69, 9.17) is 9.47 Å². The Morgan fingerprint density at radius 3 is 2.09 bits per heavy atom. The van der Waals surface area contributed by atoms with Gasteiger partial charge >= 0.3 is 0 Å². The van der Waals surface area contributed by atoms with Crippen LogP contribution in [0.2, 0.25) is 0 Å². The summed E-state index contributed by atoms with van der Waals surface area (Å²) in [6, 6.07) is 9.95. The molecule has 2 aromatic carbocycles. The highest BCUT2D eigenvalue weighted by Crippen LogP contribution is 2.38. The number of hydrogen-bond donors (Lipinski definition) is 0. The number of carbonyl (C=O) groups excluding carboxylic acids is 1. The molecule has 0 aromatic heterocycles. The zero-order chi connectivity index (χ0) is 17.0. The average Bonchev–Trinajstić information content (AvgIpc) is 2.54. The lowest BCUT2D eigenvalue weighted by molar-refractivity contribution is 0.101. The molecule has 0 spiro atoms. The largest absolute Gasteiger partial charge is 0.493 e. The number of ketones is 1. The number of Topliss-reactive ketones (excluding diaryl/α,β-unsaturated/α-hetero) is 1. The number of rotatable bonds is 6. The first kappa shape index (κ1) is 17.1. The van der Waals surface area contributed by atoms with Gasteiger partial charge in [-0.2, -0.15) is 0 Å². The van der Waals surface area contributed by atoms with E-state index in [2.05, 4.69) is 0 Å². The van der Waals surface area contributed by atoms with Crippen molar-refractivity contribution >= 4 is 5.78 Å². The molecular weight excluding hydrogens is 288 g/mol. The fourth-order valence-corrected chi connectivity index (χ4v) is 2.79. The maximum atomic E-state index is 12.2. The van der Waals surface area contributed by atoms with E-state index in [-0.39, 0.29) is 5.78 Å². The van der Waals surface area contributed by atoms with Crippen LogP contribution < -0.4 is 9.47 Å². The zero-order valence-corrected chi connectivity index (χ0v) is 14.5. The van der Waals surface area contributed by atoms with Crippen molar-refractivity contribution in [1.29, 1.82) is 0 Å². The van der Waals surface area contributed by atoms with E-state index in [9.17, 15) is 4.79 Å². The molecule has 3 heteroatoms. The molecule has 122 valence electrons. The van der Waals surface area contributed by atoms with Crippen LogP contribution in [0.1, 0.15) is 46.5 Å². The molecule has 0 unspecified atom stereocenters. The van der Waals surface area contributed by atoms with Crippen LogP contribution >= 0.6 is 0 Å². The first-order valence-electron chi connectivity index (χ1n) is 7.91. The van der Waals surface area contributed by atoms with Crippen molar-refractivity contribution in [3.05, 3.63) is 58.1 Å². The van der Waals surface area contributed by atoms with Gasteiger partial charge in [0.2, 0.25) is 0 Å². The first-order chi connectivity index (χ1) is 11.0. The third kappa shape index (κ3) is 3.55. The topological polar surface area (TPSA) is 35.5 Å². The van der Waals surface area contributed by atoms with Crippen molar-refractivity contribution < 1.29 is 14.3 Å². The maximum Gasteiger partial charge on any atom is 0.163 e. The molecule has 0 aliphatic heterocycles. The third-order valence-corrected chi connectivity index (χ3v) is 4.05. The lowest BCUT2D eigenvalue weighted by Gasteiger charge is -2.21. The van der Waals surface area contributed by atoms with E-state index in [0.717, 1.165) is 28.0 Å². The monoisotopic (exact) mass is 312 g/mol. The molecule has 0 aliphatic rings. The van der Waals surface area contributed by atoms with Crippen LogP contribution in [0.25, 0.3) is 0 Å². The normalized spacial score (nSPS) is 10.5. The Labute approximate surface area is 138 Å². The molecule has 0 amide bonds. The highest BCUT2D eigenvalue weighted by atomic mass is 16.5. The summed E-state index contributed by atoms with van der Waals surface area (Å²) in [5, 5.41) is 0. The second-order valence-corrected chi connectivity index (χ2v) is 5.67. The summed E-state index contributed by atoms with van der Waals surface area (Å²) >= 11 is 0. The molecular formula is C20H24O3. The van der Waals surface area contributed by atoms with Gasteiger partial charge in [0.1, 0.15) is 18.1 Å². The van der Waals surface area contributed by atoms with E-state index in [1.807, 2.05) is 58.0 Å². The smallest absolute Gasteiger partial charge is 0.163 e. The van der Waals surface area contributed by atoms with Crippen LogP contribution in [0.5, 0.6) is 11.5 Å². The summed E-state index contributed by atoms with van der Waals surface area (Å²) in [4.78, 5) is 12.2. The molecule has 0 atom stereocenters. The van der Waals surface area contributed by atoms with Crippen molar-refractivity contribution in [1.82, 2.24) is 0 Å². The molecule has 0 saturated heterocycles. The molecule has 0 aliphatic carbocycles. The summed E-state index contributed by atoms with van der Waals surface area (Å²) in [5.74, 6) is 1.46. The predicted molar refractivity (Wildman–Crippen MR) is 92.6 cm³/mol. The molecule has 23 heavy (non-hydrogen) atoms. The number of ether oxygens (including phenoxy) is 2. The summed E-state index contributed by atoms with van der Waals surface area (Å²) in [7, 11) is 0. The van der Waals surface area contributed by atoms with E-state index in [0.29, 0.717) is 24.5 Å². The Balaban J connectivity index is 2.47. The Hall–Kier alpha value is -2.29. The minimum Gasteiger partial charge on any atom is -0.493 e. The molecule has 0 fully saturated rings. The van der Waals surface area contributed by atoms with Crippen molar-refractivity contribution in [3.8, 4) is 11.5 Å². The predicted octanol–water partition coefficient (Wildman–Crippen LogP) is 4.79. The SMILES string of the molecule is CCOc1c(C)c(C)c(OCc2ccccc2)c(C(C)=O)c1C. The maximum absolute atomic E-state index is 12.2. The second kappa shape index (κ2) is 7.32. The van der Waals surface area contributed by atoms with Crippen molar-refractivity contribution in [2.45, 2.75) is 41.2 Å². The van der Waals surface area contributed by atoms with Crippen LogP contribution in [0.15, 0.2) is 30.3 Å². The fraction of sp³-hybridized carbons (Fsp3) is 0.350. The van der Waals surface area contributed by atoms with E-state index in [1.165, 1.54) is 0 Å². The Morgan fingerprint density at radius 2 is 1.52 bits per heavy atom. The molecule has 2 aromatic rings. The molecule has 2 rings (SSSR count). The Morgan fingerprint density at radius 1 is 0.913 bits per heavy atom. The van der Waals surface area contributed by atoms with Crippen LogP contribution in [-0.4, -0.2) is 12.4 Å². The Kier molecular flexibility index (Phi) is 5.43. The van der Waals surface area contributed by atoms with Crippen LogP contribution in [0.3, 0.4) is 0 Å². The van der Waals surface area contributed by atoms with Gasteiger partial charge in [-0.25, -0.2) is 0 Å². The zero-order valence-electron chi connectivity index (χ0n) is 14.5. The van der Waals surface area contributed by atoms with Gasteiger partial charge in [0, 0.05) is 5.56 Å². The van der Waals surface area contributed by atoms with Gasteiger partial charge in [-0.1, -0.05) is 30.3 Å². The van der Waals surface area contributed by atoms with Gasteiger partial charge in [0.25, 0.3) is 0 Å². The van der Waals surface area contributed by atoms with E-state index >= 15 is 0 Å². The van der Waals surface area contributed by atoms with Gasteiger partial charge in [-0.15, -0.1) is 0 Å². The Bertz CT molecular complexity index is 703. The highest BCUT2D eigenvalue weighted by Gasteiger charge is 2.22. The standard InChI is InChI=1S/C20H24O3/c1-6-22-19-13(2)14(3)20(18(15(19)4)16(5)21)23-12-17-10-8-7-9-11-17/h7-11H,6,12H2,1-5H3. The lowest BCUT2D eigenvalue weighted by Crippen LogP contribution is -2.10. The molecule has 0 bridgehead atoms. The number of carbonyl (C=O) groups is 1. The summed E-state index contributed by atoms with van der Waals surface area (Å²) < 4.78 is 11.8. The van der Waals surface area contributed by atoms with Crippen LogP contribution in [0, 0.1) is 20.8 Å². The minimum absolute atomic E-state index is 0.00499. The van der Waals surface area contributed by atoms with E-state index < -0.39 is 0 Å². The molecule has 0 heterocycles. The molecule has 0 N–H and O–H groups in total. The minimum atomic E-state index is -0.00499. The average molecular weight is 312 g/mol. The van der Waals surface area contributed by atoms with Gasteiger partial charge < -0.3 is 9.47 Å². The number of benzene rings is 2. The van der Waals surface area contributed by atoms with Gasteiger partial charge in [0.15, 0.2) is 5.78 Å². The second-order valence-electron chi connectivity index (χ2n) is 5.67. The quantitative estimate of drug-likeness (QED) is 0.719. The fourth-order valence-electron chi connectivity index (χ4n) is 2.79. The van der Waals surface area contributed by atoms with Crippen LogP contribution in [-0.2, 0) is 6.61 Å². The third-order valence-electron chi connectivity index (χ3n) is 4.05. The van der Waals surface area contributed by atoms with Crippen molar-refractivity contribution in [3.63, 3.8) is 0 Å². The number of hydrogen-bond acceptors (Lipinski definition) is 3. The molecule has 0 saturated carbocycles. The van der Waals surface area contributed by atoms with Gasteiger partial charge in [-0.05, 0) is 51.3 Å². The van der Waals surface area contributed by atoms with Crippen molar-refractivity contribution in [2.75, 3.05) is 6.61 Å². The van der Waals surface area contributed by atoms with Crippen LogP contribution in [0.4, 0.5) is 0 Å². The molecule has 0 radical (unpaired) electrons. The molecule has 3 nitrogen and oxygen atoms in total. The first-order valence-corrected chi connectivity index (χ1v) is 7.91. The summed E-state index contributed by atoms with van der Waals surface area (Å²) in [6.07, 6.45) is 0.